The van der Waals surface area contributed by atoms with Crippen LogP contribution in [0.5, 0.6) is 0 Å². The number of hydrogen-bond acceptors (Lipinski definition) is 3. The quantitative estimate of drug-likeness (QED) is 0.719. The van der Waals surface area contributed by atoms with E-state index >= 15 is 0 Å². The van der Waals surface area contributed by atoms with Crippen molar-refractivity contribution < 1.29 is 17.9 Å². The number of ether oxygens (including phenoxy) is 1. The Kier molecular flexibility index (Phi) is 4.15. The Morgan fingerprint density at radius 1 is 1.50 bits per heavy atom. The highest BCUT2D eigenvalue weighted by atomic mass is 19.4. The SMILES string of the molecule is NCCNC(C1CCCO1)C(F)(F)F. The molecule has 1 fully saturated rings. The summed E-state index contributed by atoms with van der Waals surface area (Å²) in [4.78, 5) is 0. The molecule has 1 rings (SSSR count). The molecule has 2 atom stereocenters. The normalized spacial score (nSPS) is 25.3. The highest BCUT2D eigenvalue weighted by Crippen LogP contribution is 2.28. The predicted octanol–water partition coefficient (Wildman–Crippen LogP) is 0.645. The fraction of sp³-hybridized carbons (Fsp3) is 1.00. The van der Waals surface area contributed by atoms with Crippen molar-refractivity contribution in [3.8, 4) is 0 Å². The molecule has 84 valence electrons. The van der Waals surface area contributed by atoms with Gasteiger partial charge in [0, 0.05) is 19.7 Å². The van der Waals surface area contributed by atoms with E-state index in [1.807, 2.05) is 0 Å². The summed E-state index contributed by atoms with van der Waals surface area (Å²) in [5, 5.41) is 2.38. The van der Waals surface area contributed by atoms with Gasteiger partial charge in [-0.25, -0.2) is 0 Å². The first-order chi connectivity index (χ1) is 6.55. The summed E-state index contributed by atoms with van der Waals surface area (Å²) in [6.07, 6.45) is -3.85. The van der Waals surface area contributed by atoms with Crippen LogP contribution >= 0.6 is 0 Å². The largest absolute Gasteiger partial charge is 0.406 e. The Morgan fingerprint density at radius 3 is 2.64 bits per heavy atom. The van der Waals surface area contributed by atoms with Crippen molar-refractivity contribution >= 4 is 0 Å². The number of nitrogens with one attached hydrogen (secondary N) is 1. The summed E-state index contributed by atoms with van der Waals surface area (Å²) < 4.78 is 42.6. The molecule has 0 bridgehead atoms. The van der Waals surface area contributed by atoms with Gasteiger partial charge in [-0.2, -0.15) is 13.2 Å². The number of alkyl halides is 3. The molecule has 0 amide bonds. The molecule has 3 nitrogen and oxygen atoms in total. The second-order valence-electron chi connectivity index (χ2n) is 3.31. The minimum absolute atomic E-state index is 0.157. The van der Waals surface area contributed by atoms with E-state index in [0.29, 0.717) is 19.4 Å². The Balaban J connectivity index is 2.51. The lowest BCUT2D eigenvalue weighted by Crippen LogP contribution is -2.51. The highest BCUT2D eigenvalue weighted by molar-refractivity contribution is 4.86. The molecule has 0 radical (unpaired) electrons. The van der Waals surface area contributed by atoms with Crippen LogP contribution in [-0.2, 0) is 4.74 Å². The Bertz CT molecular complexity index is 168. The molecule has 0 aromatic rings. The van der Waals surface area contributed by atoms with E-state index in [2.05, 4.69) is 5.32 Å². The first-order valence-electron chi connectivity index (χ1n) is 4.67. The molecule has 0 aromatic carbocycles. The monoisotopic (exact) mass is 212 g/mol. The van der Waals surface area contributed by atoms with Crippen molar-refractivity contribution in [1.29, 1.82) is 0 Å². The summed E-state index contributed by atoms with van der Waals surface area (Å²) in [7, 11) is 0. The molecule has 1 aliphatic heterocycles. The number of nitrogens with two attached hydrogens (primary N) is 1. The van der Waals surface area contributed by atoms with E-state index < -0.39 is 18.3 Å². The molecule has 3 N–H and O–H groups in total. The average molecular weight is 212 g/mol. The molecular weight excluding hydrogens is 197 g/mol. The third-order valence-corrected chi connectivity index (χ3v) is 2.20. The summed E-state index contributed by atoms with van der Waals surface area (Å²) in [6, 6.07) is -1.58. The van der Waals surface area contributed by atoms with Crippen molar-refractivity contribution in [1.82, 2.24) is 5.32 Å². The molecule has 0 aliphatic carbocycles. The average Bonchev–Trinajstić information content (AvgIpc) is 2.55. The van der Waals surface area contributed by atoms with Gasteiger partial charge in [-0.05, 0) is 12.8 Å². The van der Waals surface area contributed by atoms with Crippen LogP contribution in [0.3, 0.4) is 0 Å². The van der Waals surface area contributed by atoms with Gasteiger partial charge in [0.25, 0.3) is 0 Å². The standard InChI is InChI=1S/C8H15F3N2O/c9-8(10,11)7(13-4-3-12)6-2-1-5-14-6/h6-7,13H,1-5,12H2. The van der Waals surface area contributed by atoms with Gasteiger partial charge in [0.2, 0.25) is 0 Å². The maximum atomic E-state index is 12.5. The van der Waals surface area contributed by atoms with Crippen LogP contribution in [0.2, 0.25) is 0 Å². The van der Waals surface area contributed by atoms with Gasteiger partial charge in [0.15, 0.2) is 0 Å². The lowest BCUT2D eigenvalue weighted by atomic mass is 10.1. The van der Waals surface area contributed by atoms with Gasteiger partial charge in [0.1, 0.15) is 6.04 Å². The van der Waals surface area contributed by atoms with Gasteiger partial charge in [-0.15, -0.1) is 0 Å². The van der Waals surface area contributed by atoms with E-state index in [0.717, 1.165) is 0 Å². The molecule has 0 saturated carbocycles. The van der Waals surface area contributed by atoms with Crippen molar-refractivity contribution in [3.05, 3.63) is 0 Å². The van der Waals surface area contributed by atoms with Gasteiger partial charge in [0.05, 0.1) is 6.10 Å². The van der Waals surface area contributed by atoms with Crippen molar-refractivity contribution in [3.63, 3.8) is 0 Å². The van der Waals surface area contributed by atoms with Gasteiger partial charge in [-0.1, -0.05) is 0 Å². The van der Waals surface area contributed by atoms with E-state index in [1.165, 1.54) is 0 Å². The molecular formula is C8H15F3N2O. The zero-order valence-electron chi connectivity index (χ0n) is 7.81. The molecule has 14 heavy (non-hydrogen) atoms. The highest BCUT2D eigenvalue weighted by Gasteiger charge is 2.45. The Labute approximate surface area is 80.8 Å². The molecule has 0 spiro atoms. The number of hydrogen-bond donors (Lipinski definition) is 2. The summed E-state index contributed by atoms with van der Waals surface area (Å²) >= 11 is 0. The van der Waals surface area contributed by atoms with E-state index in [-0.39, 0.29) is 13.1 Å². The van der Waals surface area contributed by atoms with Crippen molar-refractivity contribution in [2.24, 2.45) is 5.73 Å². The molecule has 1 saturated heterocycles. The maximum Gasteiger partial charge on any atom is 0.406 e. The Hall–Kier alpha value is -0.330. The van der Waals surface area contributed by atoms with Crippen molar-refractivity contribution in [2.45, 2.75) is 31.2 Å². The second kappa shape index (κ2) is 4.95. The second-order valence-corrected chi connectivity index (χ2v) is 3.31. The molecule has 0 aromatic heterocycles. The molecule has 6 heteroatoms. The fourth-order valence-electron chi connectivity index (χ4n) is 1.56. The third-order valence-electron chi connectivity index (χ3n) is 2.20. The van der Waals surface area contributed by atoms with Crippen molar-refractivity contribution in [2.75, 3.05) is 19.7 Å². The first-order valence-corrected chi connectivity index (χ1v) is 4.67. The van der Waals surface area contributed by atoms with Crippen LogP contribution in [0.15, 0.2) is 0 Å². The zero-order valence-corrected chi connectivity index (χ0v) is 7.81. The van der Waals surface area contributed by atoms with Gasteiger partial charge >= 0.3 is 6.18 Å². The van der Waals surface area contributed by atoms with Crippen LogP contribution in [0.4, 0.5) is 13.2 Å². The number of rotatable bonds is 4. The maximum absolute atomic E-state index is 12.5. The Morgan fingerprint density at radius 2 is 2.21 bits per heavy atom. The van der Waals surface area contributed by atoms with Crippen LogP contribution in [0, 0.1) is 0 Å². The zero-order chi connectivity index (χ0) is 10.6. The molecule has 1 heterocycles. The van der Waals surface area contributed by atoms with Gasteiger partial charge < -0.3 is 15.8 Å². The summed E-state index contributed by atoms with van der Waals surface area (Å²) in [5.74, 6) is 0. The first kappa shape index (κ1) is 11.7. The van der Waals surface area contributed by atoms with E-state index in [1.54, 1.807) is 0 Å². The van der Waals surface area contributed by atoms with Crippen LogP contribution in [0.1, 0.15) is 12.8 Å². The van der Waals surface area contributed by atoms with E-state index in [9.17, 15) is 13.2 Å². The lowest BCUT2D eigenvalue weighted by molar-refractivity contribution is -0.179. The van der Waals surface area contributed by atoms with Crippen LogP contribution in [0.25, 0.3) is 0 Å². The fourth-order valence-corrected chi connectivity index (χ4v) is 1.56. The summed E-state index contributed by atoms with van der Waals surface area (Å²) in [5.41, 5.74) is 5.15. The third kappa shape index (κ3) is 3.11. The minimum atomic E-state index is -4.26. The molecule has 1 aliphatic rings. The lowest BCUT2D eigenvalue weighted by Gasteiger charge is -2.26. The smallest absolute Gasteiger partial charge is 0.376 e. The topological polar surface area (TPSA) is 47.3 Å². The van der Waals surface area contributed by atoms with Crippen LogP contribution < -0.4 is 11.1 Å². The predicted molar refractivity (Wildman–Crippen MR) is 45.9 cm³/mol. The van der Waals surface area contributed by atoms with Crippen LogP contribution in [-0.4, -0.2) is 38.0 Å². The van der Waals surface area contributed by atoms with E-state index in [4.69, 9.17) is 10.5 Å². The minimum Gasteiger partial charge on any atom is -0.376 e. The summed E-state index contributed by atoms with van der Waals surface area (Å²) in [6.45, 7) is 0.769. The number of halogens is 3. The molecule has 2 unspecified atom stereocenters. The van der Waals surface area contributed by atoms with Gasteiger partial charge in [-0.3, -0.25) is 0 Å².